The van der Waals surface area contributed by atoms with Crippen molar-refractivity contribution in [3.8, 4) is 0 Å². The van der Waals surface area contributed by atoms with Gasteiger partial charge in [0.15, 0.2) is 0 Å². The molecule has 1 N–H and O–H groups in total. The first-order chi connectivity index (χ1) is 9.31. The monoisotopic (exact) mass is 325 g/mol. The number of rotatable bonds is 5. The summed E-state index contributed by atoms with van der Waals surface area (Å²) in [5, 5.41) is 3.47. The standard InChI is InChI=1S/C14H20BrN3O/c15-12-5-11(6-16-8-12)7-17-9-14-10-18(3-4-19-14)13-1-2-13/h5-6,8,13-14,17H,1-4,7,9-10H2. The lowest BCUT2D eigenvalue weighted by molar-refractivity contribution is -0.0301. The first-order valence-corrected chi connectivity index (χ1v) is 7.76. The Morgan fingerprint density at radius 2 is 2.32 bits per heavy atom. The zero-order valence-electron chi connectivity index (χ0n) is 11.0. The molecule has 0 spiro atoms. The van der Waals surface area contributed by atoms with E-state index in [1.54, 1.807) is 6.20 Å². The van der Waals surface area contributed by atoms with Crippen LogP contribution in [0, 0.1) is 0 Å². The third kappa shape index (κ3) is 3.99. The lowest BCUT2D eigenvalue weighted by atomic mass is 10.2. The van der Waals surface area contributed by atoms with E-state index in [2.05, 4.69) is 37.2 Å². The van der Waals surface area contributed by atoms with E-state index in [1.165, 1.54) is 18.4 Å². The first-order valence-electron chi connectivity index (χ1n) is 6.97. The van der Waals surface area contributed by atoms with Gasteiger partial charge in [0, 0.05) is 49.1 Å². The van der Waals surface area contributed by atoms with Crippen LogP contribution in [-0.4, -0.2) is 48.3 Å². The second kappa shape index (κ2) is 6.31. The van der Waals surface area contributed by atoms with Crippen LogP contribution >= 0.6 is 15.9 Å². The van der Waals surface area contributed by atoms with E-state index >= 15 is 0 Å². The second-order valence-electron chi connectivity index (χ2n) is 5.36. The van der Waals surface area contributed by atoms with Gasteiger partial charge in [-0.2, -0.15) is 0 Å². The maximum atomic E-state index is 5.82. The molecular formula is C14H20BrN3O. The van der Waals surface area contributed by atoms with E-state index in [4.69, 9.17) is 4.74 Å². The zero-order chi connectivity index (χ0) is 13.1. The Labute approximate surface area is 122 Å². The molecular weight excluding hydrogens is 306 g/mol. The van der Waals surface area contributed by atoms with Crippen molar-refractivity contribution in [3.05, 3.63) is 28.5 Å². The Balaban J connectivity index is 1.41. The average Bonchev–Trinajstić information content (AvgIpc) is 3.23. The quantitative estimate of drug-likeness (QED) is 0.895. The minimum absolute atomic E-state index is 0.328. The number of hydrogen-bond donors (Lipinski definition) is 1. The van der Waals surface area contributed by atoms with E-state index in [0.717, 1.165) is 43.3 Å². The highest BCUT2D eigenvalue weighted by atomic mass is 79.9. The molecule has 0 aromatic carbocycles. The number of morpholine rings is 1. The number of hydrogen-bond acceptors (Lipinski definition) is 4. The SMILES string of the molecule is Brc1cncc(CNCC2CN(C3CC3)CCO2)c1. The molecule has 1 saturated carbocycles. The van der Waals surface area contributed by atoms with Gasteiger partial charge >= 0.3 is 0 Å². The van der Waals surface area contributed by atoms with E-state index in [9.17, 15) is 0 Å². The summed E-state index contributed by atoms with van der Waals surface area (Å²) >= 11 is 3.44. The minimum Gasteiger partial charge on any atom is -0.374 e. The first kappa shape index (κ1) is 13.5. The molecule has 1 atom stereocenters. The highest BCUT2D eigenvalue weighted by Gasteiger charge is 2.32. The van der Waals surface area contributed by atoms with Crippen molar-refractivity contribution in [2.75, 3.05) is 26.2 Å². The number of nitrogens with one attached hydrogen (secondary N) is 1. The number of pyridine rings is 1. The van der Waals surface area contributed by atoms with Crippen molar-refractivity contribution in [3.63, 3.8) is 0 Å². The van der Waals surface area contributed by atoms with Crippen LogP contribution in [0.1, 0.15) is 18.4 Å². The van der Waals surface area contributed by atoms with Crippen LogP contribution in [0.4, 0.5) is 0 Å². The molecule has 1 aromatic heterocycles. The van der Waals surface area contributed by atoms with Gasteiger partial charge in [-0.1, -0.05) is 0 Å². The Morgan fingerprint density at radius 1 is 1.42 bits per heavy atom. The third-order valence-electron chi connectivity index (χ3n) is 3.70. The molecule has 19 heavy (non-hydrogen) atoms. The molecule has 1 aromatic rings. The molecule has 0 radical (unpaired) electrons. The normalized spacial score (nSPS) is 24.6. The van der Waals surface area contributed by atoms with Gasteiger partial charge < -0.3 is 10.1 Å². The van der Waals surface area contributed by atoms with E-state index in [1.807, 2.05) is 6.20 Å². The second-order valence-corrected chi connectivity index (χ2v) is 6.28. The van der Waals surface area contributed by atoms with Crippen molar-refractivity contribution in [1.29, 1.82) is 0 Å². The van der Waals surface area contributed by atoms with Crippen molar-refractivity contribution in [2.45, 2.75) is 31.5 Å². The van der Waals surface area contributed by atoms with Gasteiger partial charge in [-0.15, -0.1) is 0 Å². The fourth-order valence-corrected chi connectivity index (χ4v) is 2.98. The molecule has 0 bridgehead atoms. The molecule has 104 valence electrons. The number of aromatic nitrogens is 1. The van der Waals surface area contributed by atoms with Gasteiger partial charge in [0.1, 0.15) is 0 Å². The lowest BCUT2D eigenvalue weighted by Crippen LogP contribution is -2.47. The summed E-state index contributed by atoms with van der Waals surface area (Å²) in [6, 6.07) is 2.94. The number of nitrogens with zero attached hydrogens (tertiary/aromatic N) is 2. The van der Waals surface area contributed by atoms with Crippen LogP contribution in [0.5, 0.6) is 0 Å². The van der Waals surface area contributed by atoms with Gasteiger partial charge in [0.05, 0.1) is 12.7 Å². The van der Waals surface area contributed by atoms with Crippen LogP contribution in [0.2, 0.25) is 0 Å². The Bertz CT molecular complexity index is 425. The largest absolute Gasteiger partial charge is 0.374 e. The molecule has 4 nitrogen and oxygen atoms in total. The smallest absolute Gasteiger partial charge is 0.0826 e. The summed E-state index contributed by atoms with van der Waals surface area (Å²) in [5.74, 6) is 0. The van der Waals surface area contributed by atoms with Crippen LogP contribution in [-0.2, 0) is 11.3 Å². The van der Waals surface area contributed by atoms with Gasteiger partial charge in [0.2, 0.25) is 0 Å². The summed E-state index contributed by atoms with van der Waals surface area (Å²) in [6.45, 7) is 4.82. The summed E-state index contributed by atoms with van der Waals surface area (Å²) in [6.07, 6.45) is 6.79. The summed E-state index contributed by atoms with van der Waals surface area (Å²) < 4.78 is 6.85. The molecule has 1 unspecified atom stereocenters. The van der Waals surface area contributed by atoms with Gasteiger partial charge in [-0.25, -0.2) is 0 Å². The van der Waals surface area contributed by atoms with E-state index in [0.29, 0.717) is 6.10 Å². The average molecular weight is 326 g/mol. The predicted octanol–water partition coefficient (Wildman–Crippen LogP) is 1.80. The van der Waals surface area contributed by atoms with Crippen LogP contribution < -0.4 is 5.32 Å². The summed E-state index contributed by atoms with van der Waals surface area (Å²) in [4.78, 5) is 6.75. The van der Waals surface area contributed by atoms with Gasteiger partial charge in [-0.05, 0) is 40.4 Å². The fourth-order valence-electron chi connectivity index (χ4n) is 2.57. The van der Waals surface area contributed by atoms with Crippen molar-refractivity contribution in [2.24, 2.45) is 0 Å². The molecule has 0 amide bonds. The third-order valence-corrected chi connectivity index (χ3v) is 4.13. The van der Waals surface area contributed by atoms with Crippen molar-refractivity contribution < 1.29 is 4.74 Å². The van der Waals surface area contributed by atoms with Crippen LogP contribution in [0.25, 0.3) is 0 Å². The topological polar surface area (TPSA) is 37.4 Å². The highest BCUT2D eigenvalue weighted by Crippen LogP contribution is 2.28. The molecule has 5 heteroatoms. The summed E-state index contributed by atoms with van der Waals surface area (Å²) in [7, 11) is 0. The number of halogens is 1. The van der Waals surface area contributed by atoms with Crippen molar-refractivity contribution in [1.82, 2.24) is 15.2 Å². The highest BCUT2D eigenvalue weighted by molar-refractivity contribution is 9.10. The van der Waals surface area contributed by atoms with E-state index in [-0.39, 0.29) is 0 Å². The molecule has 1 aliphatic carbocycles. The van der Waals surface area contributed by atoms with E-state index < -0.39 is 0 Å². The number of ether oxygens (including phenoxy) is 1. The lowest BCUT2D eigenvalue weighted by Gasteiger charge is -2.33. The Morgan fingerprint density at radius 3 is 3.11 bits per heavy atom. The van der Waals surface area contributed by atoms with Crippen LogP contribution in [0.15, 0.2) is 22.9 Å². The zero-order valence-corrected chi connectivity index (χ0v) is 12.6. The molecule has 1 saturated heterocycles. The molecule has 2 heterocycles. The maximum absolute atomic E-state index is 5.82. The fraction of sp³-hybridized carbons (Fsp3) is 0.643. The molecule has 2 fully saturated rings. The summed E-state index contributed by atoms with van der Waals surface area (Å²) in [5.41, 5.74) is 1.20. The predicted molar refractivity (Wildman–Crippen MR) is 78.0 cm³/mol. The molecule has 1 aliphatic heterocycles. The minimum atomic E-state index is 0.328. The van der Waals surface area contributed by atoms with Crippen molar-refractivity contribution >= 4 is 15.9 Å². The Kier molecular flexibility index (Phi) is 4.48. The Hall–Kier alpha value is -0.490. The van der Waals surface area contributed by atoms with Gasteiger partial charge in [-0.3, -0.25) is 9.88 Å². The van der Waals surface area contributed by atoms with Crippen LogP contribution in [0.3, 0.4) is 0 Å². The van der Waals surface area contributed by atoms with Gasteiger partial charge in [0.25, 0.3) is 0 Å². The molecule has 3 rings (SSSR count). The maximum Gasteiger partial charge on any atom is 0.0826 e. The molecule has 2 aliphatic rings.